The van der Waals surface area contributed by atoms with E-state index in [0.29, 0.717) is 23.3 Å². The predicted octanol–water partition coefficient (Wildman–Crippen LogP) is 6.37. The van der Waals surface area contributed by atoms with E-state index in [4.69, 9.17) is 9.47 Å². The summed E-state index contributed by atoms with van der Waals surface area (Å²) in [6, 6.07) is 23.4. The van der Waals surface area contributed by atoms with Crippen molar-refractivity contribution in [3.63, 3.8) is 0 Å². The molecule has 1 heterocycles. The molecule has 0 radical (unpaired) electrons. The van der Waals surface area contributed by atoms with Crippen LogP contribution in [-0.4, -0.2) is 40.1 Å². The van der Waals surface area contributed by atoms with Crippen LogP contribution in [0.5, 0.6) is 11.5 Å². The van der Waals surface area contributed by atoms with Gasteiger partial charge in [0, 0.05) is 16.9 Å². The number of amides is 1. The molecule has 0 aliphatic rings. The van der Waals surface area contributed by atoms with Gasteiger partial charge in [0.25, 0.3) is 0 Å². The van der Waals surface area contributed by atoms with Crippen molar-refractivity contribution in [2.24, 2.45) is 0 Å². The molecule has 0 aliphatic heterocycles. The van der Waals surface area contributed by atoms with Crippen LogP contribution in [0.3, 0.4) is 0 Å². The van der Waals surface area contributed by atoms with Gasteiger partial charge >= 0.3 is 0 Å². The fourth-order valence-electron chi connectivity index (χ4n) is 3.76. The van der Waals surface area contributed by atoms with Crippen LogP contribution in [0.4, 0.5) is 5.69 Å². The lowest BCUT2D eigenvalue weighted by Gasteiger charge is -2.19. The van der Waals surface area contributed by atoms with E-state index in [1.165, 1.54) is 17.3 Å². The highest BCUT2D eigenvalue weighted by atomic mass is 32.2. The van der Waals surface area contributed by atoms with E-state index < -0.39 is 0 Å². The molecule has 192 valence electrons. The molecule has 0 aliphatic carbocycles. The molecule has 1 amide bonds. The number of hydrogen-bond donors (Lipinski definition) is 1. The third kappa shape index (κ3) is 6.51. The topological polar surface area (TPSA) is 78.3 Å². The smallest absolute Gasteiger partial charge is 0.234 e. The molecule has 0 unspecified atom stereocenters. The van der Waals surface area contributed by atoms with Crippen molar-refractivity contribution >= 4 is 23.4 Å². The number of anilines is 1. The third-order valence-electron chi connectivity index (χ3n) is 5.75. The van der Waals surface area contributed by atoms with Gasteiger partial charge in [0.2, 0.25) is 5.91 Å². The number of carbonyl (C=O) groups excluding carboxylic acids is 1. The van der Waals surface area contributed by atoms with Gasteiger partial charge in [0.15, 0.2) is 11.0 Å². The van der Waals surface area contributed by atoms with Crippen molar-refractivity contribution < 1.29 is 14.3 Å². The lowest BCUT2D eigenvalue weighted by molar-refractivity contribution is -0.113. The van der Waals surface area contributed by atoms with Crippen LogP contribution in [-0.2, 0) is 10.2 Å². The fraction of sp³-hybridized carbons (Fsp3) is 0.276. The summed E-state index contributed by atoms with van der Waals surface area (Å²) in [6.07, 6.45) is 0. The molecule has 37 heavy (non-hydrogen) atoms. The van der Waals surface area contributed by atoms with Gasteiger partial charge in [-0.2, -0.15) is 0 Å². The summed E-state index contributed by atoms with van der Waals surface area (Å²) in [6.45, 7) is 9.13. The van der Waals surface area contributed by atoms with Crippen molar-refractivity contribution in [2.75, 3.05) is 24.8 Å². The number of carbonyl (C=O) groups is 1. The lowest BCUT2D eigenvalue weighted by atomic mass is 9.87. The Kier molecular flexibility index (Phi) is 8.18. The first kappa shape index (κ1) is 26.3. The summed E-state index contributed by atoms with van der Waals surface area (Å²) in [5.41, 5.74) is 3.84. The Hall–Kier alpha value is -3.78. The van der Waals surface area contributed by atoms with Gasteiger partial charge in [-0.15, -0.1) is 10.2 Å². The van der Waals surface area contributed by atoms with E-state index in [2.05, 4.69) is 60.6 Å². The molecule has 4 rings (SSSR count). The van der Waals surface area contributed by atoms with Crippen molar-refractivity contribution in [1.82, 2.24) is 14.8 Å². The molecular weight excluding hydrogens is 484 g/mol. The van der Waals surface area contributed by atoms with Gasteiger partial charge in [-0.25, -0.2) is 0 Å². The quantitative estimate of drug-likeness (QED) is 0.261. The summed E-state index contributed by atoms with van der Waals surface area (Å²) in [4.78, 5) is 12.7. The normalized spacial score (nSPS) is 11.3. The number of benzene rings is 3. The Labute approximate surface area is 222 Å². The van der Waals surface area contributed by atoms with Gasteiger partial charge in [-0.1, -0.05) is 56.8 Å². The van der Waals surface area contributed by atoms with E-state index in [9.17, 15) is 4.79 Å². The molecule has 1 aromatic heterocycles. The molecule has 1 N–H and O–H groups in total. The molecule has 7 nitrogen and oxygen atoms in total. The van der Waals surface area contributed by atoms with Gasteiger partial charge < -0.3 is 14.8 Å². The molecule has 3 aromatic carbocycles. The average molecular weight is 517 g/mol. The number of thioether (sulfide) groups is 1. The van der Waals surface area contributed by atoms with E-state index in [0.717, 1.165) is 22.7 Å². The van der Waals surface area contributed by atoms with Gasteiger partial charge in [-0.3, -0.25) is 9.36 Å². The molecule has 0 saturated carbocycles. The minimum absolute atomic E-state index is 0.0551. The maximum Gasteiger partial charge on any atom is 0.234 e. The van der Waals surface area contributed by atoms with Crippen molar-refractivity contribution in [3.8, 4) is 28.6 Å². The molecule has 4 aromatic rings. The molecule has 0 bridgehead atoms. The third-order valence-corrected chi connectivity index (χ3v) is 6.68. The number of nitrogens with one attached hydrogen (secondary N) is 1. The second-order valence-corrected chi connectivity index (χ2v) is 10.4. The number of hydrogen-bond acceptors (Lipinski definition) is 6. The van der Waals surface area contributed by atoms with E-state index in [-0.39, 0.29) is 17.1 Å². The largest absolute Gasteiger partial charge is 0.497 e. The lowest BCUT2D eigenvalue weighted by Crippen LogP contribution is -2.14. The number of rotatable bonds is 9. The zero-order valence-electron chi connectivity index (χ0n) is 21.8. The summed E-state index contributed by atoms with van der Waals surface area (Å²) in [5, 5.41) is 12.5. The number of ether oxygens (including phenoxy) is 2. The van der Waals surface area contributed by atoms with E-state index in [1.807, 2.05) is 60.0 Å². The Bertz CT molecular complexity index is 1330. The zero-order chi connectivity index (χ0) is 26.4. The van der Waals surface area contributed by atoms with Crippen molar-refractivity contribution in [2.45, 2.75) is 38.3 Å². The first-order chi connectivity index (χ1) is 17.8. The first-order valence-corrected chi connectivity index (χ1v) is 13.1. The Balaban J connectivity index is 1.60. The minimum Gasteiger partial charge on any atom is -0.497 e. The second-order valence-electron chi connectivity index (χ2n) is 9.46. The molecule has 0 saturated heterocycles. The molecule has 0 fully saturated rings. The highest BCUT2D eigenvalue weighted by molar-refractivity contribution is 7.99. The maximum absolute atomic E-state index is 12.7. The summed E-state index contributed by atoms with van der Waals surface area (Å²) >= 11 is 1.34. The van der Waals surface area contributed by atoms with Crippen LogP contribution < -0.4 is 14.8 Å². The van der Waals surface area contributed by atoms with E-state index >= 15 is 0 Å². The summed E-state index contributed by atoms with van der Waals surface area (Å²) in [5.74, 6) is 2.29. The number of nitrogens with zero attached hydrogens (tertiary/aromatic N) is 3. The van der Waals surface area contributed by atoms with Crippen LogP contribution in [0.25, 0.3) is 17.1 Å². The number of aromatic nitrogens is 3. The van der Waals surface area contributed by atoms with Crippen molar-refractivity contribution in [1.29, 1.82) is 0 Å². The molecule has 0 spiro atoms. The minimum atomic E-state index is -0.132. The predicted molar refractivity (Wildman–Crippen MR) is 149 cm³/mol. The van der Waals surface area contributed by atoms with Gasteiger partial charge in [-0.05, 0) is 66.4 Å². The van der Waals surface area contributed by atoms with Gasteiger partial charge in [0.1, 0.15) is 11.5 Å². The fourth-order valence-corrected chi connectivity index (χ4v) is 4.51. The summed E-state index contributed by atoms with van der Waals surface area (Å²) in [7, 11) is 1.61. The second kappa shape index (κ2) is 11.5. The highest BCUT2D eigenvalue weighted by Crippen LogP contribution is 2.31. The van der Waals surface area contributed by atoms with E-state index in [1.54, 1.807) is 7.11 Å². The zero-order valence-corrected chi connectivity index (χ0v) is 22.6. The first-order valence-electron chi connectivity index (χ1n) is 12.1. The average Bonchev–Trinajstić information content (AvgIpc) is 3.32. The van der Waals surface area contributed by atoms with Crippen LogP contribution in [0.1, 0.15) is 33.3 Å². The Morgan fingerprint density at radius 2 is 1.57 bits per heavy atom. The SMILES string of the molecule is CCOc1ccc(-n2c(SCC(=O)Nc3ccc(OC)cc3)nnc2-c2ccc(C(C)(C)C)cc2)cc1. The molecule has 8 heteroatoms. The number of methoxy groups -OCH3 is 1. The Morgan fingerprint density at radius 3 is 2.16 bits per heavy atom. The van der Waals surface area contributed by atoms with Gasteiger partial charge in [0.05, 0.1) is 19.5 Å². The Morgan fingerprint density at radius 1 is 0.919 bits per heavy atom. The standard InChI is InChI=1S/C29H32N4O3S/c1-6-36-25-17-13-23(14-18-25)33-27(20-7-9-21(10-8-20)29(2,3)4)31-32-28(33)37-19-26(34)30-22-11-15-24(35-5)16-12-22/h7-18H,6,19H2,1-5H3,(H,30,34). The maximum atomic E-state index is 12.7. The van der Waals surface area contributed by atoms with Crippen LogP contribution >= 0.6 is 11.8 Å². The van der Waals surface area contributed by atoms with Crippen molar-refractivity contribution in [3.05, 3.63) is 78.4 Å². The van der Waals surface area contributed by atoms with Crippen LogP contribution in [0.2, 0.25) is 0 Å². The molecule has 0 atom stereocenters. The van der Waals surface area contributed by atoms with Crippen LogP contribution in [0.15, 0.2) is 78.0 Å². The highest BCUT2D eigenvalue weighted by Gasteiger charge is 2.19. The molecular formula is C29H32N4O3S. The summed E-state index contributed by atoms with van der Waals surface area (Å²) < 4.78 is 12.8. The monoisotopic (exact) mass is 516 g/mol. The van der Waals surface area contributed by atoms with Crippen LogP contribution in [0, 0.1) is 0 Å².